The minimum absolute atomic E-state index is 0.250. The lowest BCUT2D eigenvalue weighted by molar-refractivity contribution is 0.120. The number of hydrogen-bond donors (Lipinski definition) is 2. The van der Waals surface area contributed by atoms with E-state index >= 15 is 0 Å². The van der Waals surface area contributed by atoms with Gasteiger partial charge in [0.2, 0.25) is 0 Å². The van der Waals surface area contributed by atoms with Crippen LogP contribution in [-0.4, -0.2) is 25.1 Å². The predicted molar refractivity (Wildman–Crippen MR) is 53.4 cm³/mol. The topological polar surface area (TPSA) is 38.0 Å². The van der Waals surface area contributed by atoms with E-state index in [1.807, 2.05) is 6.92 Å². The number of rotatable bonds is 6. The van der Waals surface area contributed by atoms with Gasteiger partial charge in [-0.25, -0.2) is 8.78 Å². The van der Waals surface area contributed by atoms with Gasteiger partial charge in [0.25, 0.3) is 6.43 Å². The molecule has 3 N–H and O–H groups in total. The van der Waals surface area contributed by atoms with Gasteiger partial charge in [0, 0.05) is 12.1 Å². The lowest BCUT2D eigenvalue weighted by atomic mass is 9.76. The summed E-state index contributed by atoms with van der Waals surface area (Å²) in [5.41, 5.74) is 5.31. The van der Waals surface area contributed by atoms with Crippen molar-refractivity contribution < 1.29 is 8.78 Å². The molecule has 1 unspecified atom stereocenters. The first kappa shape index (κ1) is 11.9. The van der Waals surface area contributed by atoms with Crippen LogP contribution < -0.4 is 11.1 Å². The predicted octanol–water partition coefficient (Wildman–Crippen LogP) is 1.75. The Balaban J connectivity index is 2.30. The fourth-order valence-electron chi connectivity index (χ4n) is 1.89. The molecule has 84 valence electrons. The van der Waals surface area contributed by atoms with Crippen LogP contribution in [0.4, 0.5) is 8.78 Å². The van der Waals surface area contributed by atoms with E-state index in [1.165, 1.54) is 19.3 Å². The highest BCUT2D eigenvalue weighted by atomic mass is 19.3. The molecule has 1 atom stereocenters. The SMILES string of the molecule is CC(CN)(CC1CCC1)NCC(F)F. The summed E-state index contributed by atoms with van der Waals surface area (Å²) in [4.78, 5) is 0. The maximum absolute atomic E-state index is 12.0. The fraction of sp³-hybridized carbons (Fsp3) is 1.00. The molecule has 0 aromatic rings. The molecule has 0 saturated heterocycles. The molecule has 1 saturated carbocycles. The second kappa shape index (κ2) is 5.03. The number of hydrogen-bond acceptors (Lipinski definition) is 2. The molecule has 0 heterocycles. The smallest absolute Gasteiger partial charge is 0.250 e. The van der Waals surface area contributed by atoms with Crippen molar-refractivity contribution in [3.63, 3.8) is 0 Å². The Morgan fingerprint density at radius 1 is 1.50 bits per heavy atom. The zero-order chi connectivity index (χ0) is 10.6. The standard InChI is InChI=1S/C10H20F2N2/c1-10(7-13,14-6-9(11)12)5-8-3-2-4-8/h8-9,14H,2-7,13H2,1H3. The molecule has 0 amide bonds. The maximum atomic E-state index is 12.0. The van der Waals surface area contributed by atoms with E-state index in [-0.39, 0.29) is 12.1 Å². The average molecular weight is 206 g/mol. The van der Waals surface area contributed by atoms with Crippen molar-refractivity contribution in [2.24, 2.45) is 11.7 Å². The number of halogens is 2. The van der Waals surface area contributed by atoms with Gasteiger partial charge < -0.3 is 11.1 Å². The third-order valence-corrected chi connectivity index (χ3v) is 3.10. The van der Waals surface area contributed by atoms with Gasteiger partial charge in [0.1, 0.15) is 0 Å². The number of alkyl halides is 2. The molecule has 14 heavy (non-hydrogen) atoms. The Labute approximate surface area is 84.2 Å². The highest BCUT2D eigenvalue weighted by Gasteiger charge is 2.29. The molecule has 0 aromatic heterocycles. The van der Waals surface area contributed by atoms with E-state index in [2.05, 4.69) is 5.32 Å². The molecule has 0 bridgehead atoms. The van der Waals surface area contributed by atoms with Gasteiger partial charge >= 0.3 is 0 Å². The van der Waals surface area contributed by atoms with Crippen molar-refractivity contribution in [2.75, 3.05) is 13.1 Å². The molecule has 1 fully saturated rings. The summed E-state index contributed by atoms with van der Waals surface area (Å²) in [5, 5.41) is 2.87. The van der Waals surface area contributed by atoms with E-state index in [4.69, 9.17) is 5.73 Å². The summed E-state index contributed by atoms with van der Waals surface area (Å²) in [7, 11) is 0. The van der Waals surface area contributed by atoms with Crippen LogP contribution >= 0.6 is 0 Å². The van der Waals surface area contributed by atoms with Gasteiger partial charge in [0.05, 0.1) is 6.54 Å². The first-order chi connectivity index (χ1) is 6.56. The second-order valence-corrected chi connectivity index (χ2v) is 4.54. The minimum Gasteiger partial charge on any atom is -0.329 e. The minimum atomic E-state index is -2.29. The summed E-state index contributed by atoms with van der Waals surface area (Å²) in [6.45, 7) is 2.12. The number of nitrogens with one attached hydrogen (secondary N) is 1. The van der Waals surface area contributed by atoms with Gasteiger partial charge in [-0.2, -0.15) is 0 Å². The lowest BCUT2D eigenvalue weighted by Crippen LogP contribution is -2.51. The molecule has 1 rings (SSSR count). The number of nitrogens with two attached hydrogens (primary N) is 1. The third-order valence-electron chi connectivity index (χ3n) is 3.10. The Morgan fingerprint density at radius 3 is 2.50 bits per heavy atom. The normalized spacial score (nSPS) is 22.1. The van der Waals surface area contributed by atoms with Crippen LogP contribution in [0.15, 0.2) is 0 Å². The average Bonchev–Trinajstić information content (AvgIpc) is 2.08. The van der Waals surface area contributed by atoms with E-state index < -0.39 is 6.43 Å². The van der Waals surface area contributed by atoms with Crippen LogP contribution in [0.1, 0.15) is 32.6 Å². The van der Waals surface area contributed by atoms with Crippen molar-refractivity contribution in [3.8, 4) is 0 Å². The molecule has 0 aliphatic heterocycles. The van der Waals surface area contributed by atoms with Crippen LogP contribution in [0.5, 0.6) is 0 Å². The first-order valence-corrected chi connectivity index (χ1v) is 5.29. The molecule has 1 aliphatic rings. The van der Waals surface area contributed by atoms with Gasteiger partial charge in [-0.1, -0.05) is 19.3 Å². The van der Waals surface area contributed by atoms with Gasteiger partial charge in [0.15, 0.2) is 0 Å². The third kappa shape index (κ3) is 3.50. The Morgan fingerprint density at radius 2 is 2.14 bits per heavy atom. The van der Waals surface area contributed by atoms with Crippen molar-refractivity contribution >= 4 is 0 Å². The summed E-state index contributed by atoms with van der Waals surface area (Å²) < 4.78 is 24.1. The summed E-state index contributed by atoms with van der Waals surface area (Å²) in [6.07, 6.45) is 2.37. The monoisotopic (exact) mass is 206 g/mol. The molecule has 1 aliphatic carbocycles. The highest BCUT2D eigenvalue weighted by molar-refractivity contribution is 4.89. The summed E-state index contributed by atoms with van der Waals surface area (Å²) >= 11 is 0. The van der Waals surface area contributed by atoms with E-state index in [0.29, 0.717) is 12.5 Å². The zero-order valence-corrected chi connectivity index (χ0v) is 8.73. The molecule has 4 heteroatoms. The molecular weight excluding hydrogens is 186 g/mol. The molecule has 0 spiro atoms. The van der Waals surface area contributed by atoms with Gasteiger partial charge in [-0.15, -0.1) is 0 Å². The molecule has 0 aromatic carbocycles. The molecule has 0 radical (unpaired) electrons. The van der Waals surface area contributed by atoms with E-state index in [1.54, 1.807) is 0 Å². The van der Waals surface area contributed by atoms with Crippen LogP contribution in [0.2, 0.25) is 0 Å². The van der Waals surface area contributed by atoms with Gasteiger partial charge in [-0.05, 0) is 19.3 Å². The Bertz CT molecular complexity index is 172. The van der Waals surface area contributed by atoms with Crippen molar-refractivity contribution in [3.05, 3.63) is 0 Å². The van der Waals surface area contributed by atoms with E-state index in [9.17, 15) is 8.78 Å². The van der Waals surface area contributed by atoms with Crippen molar-refractivity contribution in [1.29, 1.82) is 0 Å². The summed E-state index contributed by atoms with van der Waals surface area (Å²) in [5.74, 6) is 0.689. The fourth-order valence-corrected chi connectivity index (χ4v) is 1.89. The summed E-state index contributed by atoms with van der Waals surface area (Å²) in [6, 6.07) is 0. The lowest BCUT2D eigenvalue weighted by Gasteiger charge is -2.37. The van der Waals surface area contributed by atoms with Crippen LogP contribution in [0, 0.1) is 5.92 Å². The van der Waals surface area contributed by atoms with Crippen molar-refractivity contribution in [2.45, 2.75) is 44.6 Å². The van der Waals surface area contributed by atoms with Crippen molar-refractivity contribution in [1.82, 2.24) is 5.32 Å². The van der Waals surface area contributed by atoms with Crippen LogP contribution in [-0.2, 0) is 0 Å². The largest absolute Gasteiger partial charge is 0.329 e. The maximum Gasteiger partial charge on any atom is 0.250 e. The second-order valence-electron chi connectivity index (χ2n) is 4.54. The quantitative estimate of drug-likeness (QED) is 0.695. The van der Waals surface area contributed by atoms with Crippen LogP contribution in [0.25, 0.3) is 0 Å². The molecular formula is C10H20F2N2. The van der Waals surface area contributed by atoms with Gasteiger partial charge in [-0.3, -0.25) is 0 Å². The molecule has 2 nitrogen and oxygen atoms in total. The van der Waals surface area contributed by atoms with E-state index in [0.717, 1.165) is 6.42 Å². The zero-order valence-electron chi connectivity index (χ0n) is 8.73. The highest BCUT2D eigenvalue weighted by Crippen LogP contribution is 2.33. The Kier molecular flexibility index (Phi) is 4.26. The van der Waals surface area contributed by atoms with Crippen LogP contribution in [0.3, 0.4) is 0 Å². The first-order valence-electron chi connectivity index (χ1n) is 5.29. The Hall–Kier alpha value is -0.220.